The minimum atomic E-state index is -1.28. The number of halogens is 1. The number of carbonyl (C=O) groups excluding carboxylic acids is 1. The molecule has 21 heavy (non-hydrogen) atoms. The lowest BCUT2D eigenvalue weighted by molar-refractivity contribution is 0.0698. The summed E-state index contributed by atoms with van der Waals surface area (Å²) in [7, 11) is 0. The number of carboxylic acids is 1. The fourth-order valence-electron chi connectivity index (χ4n) is 1.73. The number of nitrogens with zero attached hydrogens (tertiary/aromatic N) is 1. The molecule has 2 aromatic rings. The summed E-state index contributed by atoms with van der Waals surface area (Å²) in [5.41, 5.74) is 0.103. The molecule has 0 aliphatic rings. The van der Waals surface area contributed by atoms with Crippen LogP contribution >= 0.6 is 0 Å². The Morgan fingerprint density at radius 2 is 1.95 bits per heavy atom. The number of amides is 1. The lowest BCUT2D eigenvalue weighted by Gasteiger charge is -2.08. The van der Waals surface area contributed by atoms with Crippen LogP contribution in [0.5, 0.6) is 0 Å². The number of hydrogen-bond donors (Lipinski definition) is 2. The molecular weight excluding hydrogens is 275 g/mol. The van der Waals surface area contributed by atoms with Crippen LogP contribution < -0.4 is 5.32 Å². The van der Waals surface area contributed by atoms with Gasteiger partial charge in [0.25, 0.3) is 5.91 Å². The van der Waals surface area contributed by atoms with Crippen LogP contribution in [0.15, 0.2) is 42.5 Å². The van der Waals surface area contributed by atoms with Gasteiger partial charge in [0.2, 0.25) is 0 Å². The molecule has 0 saturated heterocycles. The van der Waals surface area contributed by atoms with Crippen LogP contribution in [0.4, 0.5) is 10.1 Å². The molecule has 2 rings (SSSR count). The number of nitriles is 1. The van der Waals surface area contributed by atoms with E-state index in [4.69, 9.17) is 10.4 Å². The van der Waals surface area contributed by atoms with Gasteiger partial charge >= 0.3 is 5.97 Å². The van der Waals surface area contributed by atoms with Gasteiger partial charge in [0.05, 0.1) is 22.9 Å². The number of nitrogens with one attached hydrogen (secondary N) is 1. The van der Waals surface area contributed by atoms with Gasteiger partial charge in [0, 0.05) is 5.56 Å². The Balaban J connectivity index is 2.33. The Hall–Kier alpha value is -3.20. The normalized spacial score (nSPS) is 9.71. The number of benzene rings is 2. The Morgan fingerprint density at radius 1 is 1.19 bits per heavy atom. The molecule has 0 bridgehead atoms. The first-order valence-electron chi connectivity index (χ1n) is 5.85. The monoisotopic (exact) mass is 284 g/mol. The molecule has 0 aromatic heterocycles. The average Bonchev–Trinajstić information content (AvgIpc) is 2.47. The third-order valence-corrected chi connectivity index (χ3v) is 2.71. The van der Waals surface area contributed by atoms with Crippen molar-refractivity contribution in [1.29, 1.82) is 5.26 Å². The number of carboxylic acid groups (broad SMARTS) is 1. The molecule has 0 aliphatic carbocycles. The Bertz CT molecular complexity index is 766. The number of anilines is 1. The molecule has 5 nitrogen and oxygen atoms in total. The Kier molecular flexibility index (Phi) is 3.95. The van der Waals surface area contributed by atoms with E-state index >= 15 is 0 Å². The van der Waals surface area contributed by atoms with E-state index in [1.807, 2.05) is 6.07 Å². The zero-order chi connectivity index (χ0) is 15.4. The minimum absolute atomic E-state index is 0.144. The van der Waals surface area contributed by atoms with Gasteiger partial charge in [-0.3, -0.25) is 4.79 Å². The predicted octanol–water partition coefficient (Wildman–Crippen LogP) is 2.65. The third kappa shape index (κ3) is 3.22. The molecule has 0 fully saturated rings. The lowest BCUT2D eigenvalue weighted by Crippen LogP contribution is -2.15. The topological polar surface area (TPSA) is 90.2 Å². The molecule has 6 heteroatoms. The van der Waals surface area contributed by atoms with E-state index in [0.717, 1.165) is 18.2 Å². The SMILES string of the molecule is N#Cc1cccc(C(=O)Nc2cc(F)ccc2C(=O)O)c1. The van der Waals surface area contributed by atoms with Gasteiger partial charge < -0.3 is 10.4 Å². The standard InChI is InChI=1S/C15H9FN2O3/c16-11-4-5-12(15(20)21)13(7-11)18-14(19)10-3-1-2-9(6-10)8-17/h1-7H,(H,18,19)(H,20,21). The van der Waals surface area contributed by atoms with Crippen molar-refractivity contribution in [2.75, 3.05) is 5.32 Å². The molecule has 0 unspecified atom stereocenters. The van der Waals surface area contributed by atoms with Crippen LogP contribution in [-0.4, -0.2) is 17.0 Å². The van der Waals surface area contributed by atoms with E-state index in [-0.39, 0.29) is 16.8 Å². The van der Waals surface area contributed by atoms with Crippen LogP contribution in [0.2, 0.25) is 0 Å². The highest BCUT2D eigenvalue weighted by Crippen LogP contribution is 2.18. The molecule has 1 amide bonds. The maximum atomic E-state index is 13.2. The van der Waals surface area contributed by atoms with Gasteiger partial charge in [-0.2, -0.15) is 5.26 Å². The summed E-state index contributed by atoms with van der Waals surface area (Å²) in [6.45, 7) is 0. The lowest BCUT2D eigenvalue weighted by atomic mass is 10.1. The highest BCUT2D eigenvalue weighted by atomic mass is 19.1. The zero-order valence-corrected chi connectivity index (χ0v) is 10.6. The van der Waals surface area contributed by atoms with E-state index in [0.29, 0.717) is 5.56 Å². The van der Waals surface area contributed by atoms with Gasteiger partial charge in [-0.05, 0) is 36.4 Å². The fourth-order valence-corrected chi connectivity index (χ4v) is 1.73. The Labute approximate surface area is 119 Å². The number of rotatable bonds is 3. The molecule has 104 valence electrons. The van der Waals surface area contributed by atoms with Gasteiger partial charge in [0.15, 0.2) is 0 Å². The van der Waals surface area contributed by atoms with E-state index in [9.17, 15) is 14.0 Å². The van der Waals surface area contributed by atoms with Gasteiger partial charge in [0.1, 0.15) is 5.82 Å². The van der Waals surface area contributed by atoms with Gasteiger partial charge in [-0.15, -0.1) is 0 Å². The highest BCUT2D eigenvalue weighted by molar-refractivity contribution is 6.07. The van der Waals surface area contributed by atoms with Crippen molar-refractivity contribution in [1.82, 2.24) is 0 Å². The quantitative estimate of drug-likeness (QED) is 0.906. The second-order valence-corrected chi connectivity index (χ2v) is 4.14. The van der Waals surface area contributed by atoms with Crippen LogP contribution in [0.1, 0.15) is 26.3 Å². The molecule has 0 atom stereocenters. The minimum Gasteiger partial charge on any atom is -0.478 e. The van der Waals surface area contributed by atoms with Crippen LogP contribution in [0.3, 0.4) is 0 Å². The Morgan fingerprint density at radius 3 is 2.62 bits per heavy atom. The molecule has 0 radical (unpaired) electrons. The van der Waals surface area contributed by atoms with Crippen molar-refractivity contribution in [3.05, 3.63) is 65.0 Å². The summed E-state index contributed by atoms with van der Waals surface area (Å²) in [5, 5.41) is 20.1. The molecule has 2 aromatic carbocycles. The van der Waals surface area contributed by atoms with E-state index < -0.39 is 17.7 Å². The van der Waals surface area contributed by atoms with Crippen LogP contribution in [0, 0.1) is 17.1 Å². The first-order valence-corrected chi connectivity index (χ1v) is 5.85. The maximum absolute atomic E-state index is 13.2. The second-order valence-electron chi connectivity index (χ2n) is 4.14. The summed E-state index contributed by atoms with van der Waals surface area (Å²) in [4.78, 5) is 23.1. The fraction of sp³-hybridized carbons (Fsp3) is 0. The first-order chi connectivity index (χ1) is 10.0. The zero-order valence-electron chi connectivity index (χ0n) is 10.6. The van der Waals surface area contributed by atoms with E-state index in [1.54, 1.807) is 0 Å². The van der Waals surface area contributed by atoms with Crippen molar-refractivity contribution in [3.8, 4) is 6.07 Å². The third-order valence-electron chi connectivity index (χ3n) is 2.71. The second kappa shape index (κ2) is 5.84. The smallest absolute Gasteiger partial charge is 0.337 e. The van der Waals surface area contributed by atoms with E-state index in [2.05, 4.69) is 5.32 Å². The van der Waals surface area contributed by atoms with Crippen molar-refractivity contribution >= 4 is 17.6 Å². The average molecular weight is 284 g/mol. The summed E-state index contributed by atoms with van der Waals surface area (Å²) in [5.74, 6) is -2.57. The van der Waals surface area contributed by atoms with E-state index in [1.165, 1.54) is 24.3 Å². The number of aromatic carboxylic acids is 1. The maximum Gasteiger partial charge on any atom is 0.337 e. The van der Waals surface area contributed by atoms with Crippen molar-refractivity contribution in [3.63, 3.8) is 0 Å². The van der Waals surface area contributed by atoms with Crippen molar-refractivity contribution < 1.29 is 19.1 Å². The summed E-state index contributed by atoms with van der Waals surface area (Å²) < 4.78 is 13.2. The molecule has 2 N–H and O–H groups in total. The molecule has 0 heterocycles. The summed E-state index contributed by atoms with van der Waals surface area (Å²) in [6.07, 6.45) is 0. The van der Waals surface area contributed by atoms with Crippen LogP contribution in [0.25, 0.3) is 0 Å². The first kappa shape index (κ1) is 14.2. The molecule has 0 aliphatic heterocycles. The van der Waals surface area contributed by atoms with Crippen molar-refractivity contribution in [2.45, 2.75) is 0 Å². The molecule has 0 saturated carbocycles. The highest BCUT2D eigenvalue weighted by Gasteiger charge is 2.14. The largest absolute Gasteiger partial charge is 0.478 e. The molecule has 0 spiro atoms. The number of hydrogen-bond acceptors (Lipinski definition) is 3. The summed E-state index contributed by atoms with van der Waals surface area (Å²) >= 11 is 0. The molecular formula is C15H9FN2O3. The van der Waals surface area contributed by atoms with Crippen LogP contribution in [-0.2, 0) is 0 Å². The predicted molar refractivity (Wildman–Crippen MR) is 72.5 cm³/mol. The van der Waals surface area contributed by atoms with Gasteiger partial charge in [-0.25, -0.2) is 9.18 Å². The van der Waals surface area contributed by atoms with Gasteiger partial charge in [-0.1, -0.05) is 6.07 Å². The van der Waals surface area contributed by atoms with Crippen molar-refractivity contribution in [2.24, 2.45) is 0 Å². The number of carbonyl (C=O) groups is 2. The summed E-state index contributed by atoms with van der Waals surface area (Å²) in [6, 6.07) is 10.8.